The van der Waals surface area contributed by atoms with Crippen molar-refractivity contribution in [3.63, 3.8) is 0 Å². The van der Waals surface area contributed by atoms with Gasteiger partial charge in [0.25, 0.3) is 0 Å². The monoisotopic (exact) mass is 507 g/mol. The van der Waals surface area contributed by atoms with E-state index in [-0.39, 0.29) is 18.3 Å². The lowest BCUT2D eigenvalue weighted by molar-refractivity contribution is 0.193. The van der Waals surface area contributed by atoms with Gasteiger partial charge in [-0.25, -0.2) is 9.07 Å². The number of hydrogen-bond donors (Lipinski definition) is 1. The fourth-order valence-corrected chi connectivity index (χ4v) is 5.08. The normalized spacial score (nSPS) is 15.9. The van der Waals surface area contributed by atoms with Gasteiger partial charge in [-0.05, 0) is 61.9 Å². The molecule has 1 fully saturated rings. The lowest BCUT2D eigenvalue weighted by atomic mass is 9.95. The SMILES string of the molecule is C#CCOc1cccc(F)c1CN1CCC[C@@H](c2cn(-c3ccc4[nH]nc(-c5ccncc5)c4c3)nn2)C1. The minimum absolute atomic E-state index is 0.108. The predicted octanol–water partition coefficient (Wildman–Crippen LogP) is 4.74. The average Bonchev–Trinajstić information content (AvgIpc) is 3.62. The van der Waals surface area contributed by atoms with Crippen molar-refractivity contribution in [2.24, 2.45) is 0 Å². The Morgan fingerprint density at radius 1 is 1.16 bits per heavy atom. The van der Waals surface area contributed by atoms with Crippen molar-refractivity contribution in [3.05, 3.63) is 84.2 Å². The molecule has 1 aliphatic heterocycles. The summed E-state index contributed by atoms with van der Waals surface area (Å²) in [7, 11) is 0. The lowest BCUT2D eigenvalue weighted by Gasteiger charge is -2.32. The van der Waals surface area contributed by atoms with Crippen LogP contribution in [0.2, 0.25) is 0 Å². The van der Waals surface area contributed by atoms with Crippen LogP contribution in [0, 0.1) is 18.2 Å². The fraction of sp³-hybridized carbons (Fsp3) is 0.241. The number of halogens is 1. The van der Waals surface area contributed by atoms with Crippen molar-refractivity contribution >= 4 is 10.9 Å². The van der Waals surface area contributed by atoms with Crippen LogP contribution in [0.1, 0.15) is 30.0 Å². The third-order valence-electron chi connectivity index (χ3n) is 6.97. The van der Waals surface area contributed by atoms with E-state index in [4.69, 9.17) is 11.2 Å². The number of H-pyrrole nitrogens is 1. The summed E-state index contributed by atoms with van der Waals surface area (Å²) >= 11 is 0. The Kier molecular flexibility index (Phi) is 6.54. The molecule has 4 heterocycles. The number of nitrogens with zero attached hydrogens (tertiary/aromatic N) is 6. The van der Waals surface area contributed by atoms with Crippen LogP contribution in [-0.4, -0.2) is 54.8 Å². The zero-order valence-electron chi connectivity index (χ0n) is 20.7. The Hall–Kier alpha value is -4.55. The summed E-state index contributed by atoms with van der Waals surface area (Å²) in [5, 5.41) is 17.6. The molecule has 0 bridgehead atoms. The van der Waals surface area contributed by atoms with E-state index < -0.39 is 0 Å². The molecule has 1 N–H and O–H groups in total. The second-order valence-corrected chi connectivity index (χ2v) is 9.41. The van der Waals surface area contributed by atoms with E-state index in [0.717, 1.165) is 59.5 Å². The molecule has 1 atom stereocenters. The van der Waals surface area contributed by atoms with Crippen LogP contribution >= 0.6 is 0 Å². The van der Waals surface area contributed by atoms with E-state index in [1.807, 2.05) is 30.5 Å². The number of benzene rings is 2. The number of terminal acetylenes is 1. The van der Waals surface area contributed by atoms with E-state index in [1.54, 1.807) is 29.2 Å². The van der Waals surface area contributed by atoms with E-state index in [9.17, 15) is 4.39 Å². The Labute approximate surface area is 219 Å². The highest BCUT2D eigenvalue weighted by molar-refractivity contribution is 5.94. The van der Waals surface area contributed by atoms with Crippen molar-refractivity contribution in [3.8, 4) is 35.0 Å². The van der Waals surface area contributed by atoms with Crippen LogP contribution in [0.4, 0.5) is 4.39 Å². The number of aromatic nitrogens is 6. The van der Waals surface area contributed by atoms with Crippen LogP contribution in [0.5, 0.6) is 5.75 Å². The van der Waals surface area contributed by atoms with Crippen molar-refractivity contribution in [1.29, 1.82) is 0 Å². The van der Waals surface area contributed by atoms with E-state index >= 15 is 0 Å². The molecule has 0 aliphatic carbocycles. The van der Waals surface area contributed by atoms with Gasteiger partial charge < -0.3 is 4.74 Å². The first-order chi connectivity index (χ1) is 18.7. The maximum absolute atomic E-state index is 14.7. The number of hydrogen-bond acceptors (Lipinski definition) is 6. The van der Waals surface area contributed by atoms with Gasteiger partial charge in [-0.15, -0.1) is 11.5 Å². The first-order valence-corrected chi connectivity index (χ1v) is 12.6. The molecule has 190 valence electrons. The lowest BCUT2D eigenvalue weighted by Crippen LogP contribution is -2.34. The molecule has 9 heteroatoms. The topological polar surface area (TPSA) is 84.8 Å². The summed E-state index contributed by atoms with van der Waals surface area (Å²) in [5.41, 5.74) is 5.17. The number of fused-ring (bicyclic) bond motifs is 1. The van der Waals surface area contributed by atoms with E-state index in [1.165, 1.54) is 6.07 Å². The molecule has 8 nitrogen and oxygen atoms in total. The zero-order chi connectivity index (χ0) is 25.9. The molecular weight excluding hydrogens is 481 g/mol. The number of ether oxygens (including phenoxy) is 1. The van der Waals surface area contributed by atoms with Gasteiger partial charge in [0.2, 0.25) is 0 Å². The highest BCUT2D eigenvalue weighted by Crippen LogP contribution is 2.31. The van der Waals surface area contributed by atoms with E-state index in [2.05, 4.69) is 42.4 Å². The van der Waals surface area contributed by atoms with Crippen molar-refractivity contribution < 1.29 is 9.13 Å². The second kappa shape index (κ2) is 10.4. The summed E-state index contributed by atoms with van der Waals surface area (Å²) in [6.07, 6.45) is 12.8. The second-order valence-electron chi connectivity index (χ2n) is 9.41. The Morgan fingerprint density at radius 2 is 2.05 bits per heavy atom. The number of piperidine rings is 1. The molecule has 0 spiro atoms. The fourth-order valence-electron chi connectivity index (χ4n) is 5.08. The molecule has 0 unspecified atom stereocenters. The summed E-state index contributed by atoms with van der Waals surface area (Å²) in [5.74, 6) is 2.86. The standard InChI is InChI=1S/C29H26FN7O/c1-2-15-38-28-7-3-6-25(30)24(28)18-36-14-4-5-21(17-36)27-19-37(35-33-27)22-8-9-26-23(16-22)29(34-32-26)20-10-12-31-13-11-20/h1,3,6-13,16,19,21H,4-5,14-15,17-18H2,(H,32,34)/t21-/m1/s1. The first kappa shape index (κ1) is 23.8. The maximum Gasteiger partial charge on any atom is 0.148 e. The van der Waals surface area contributed by atoms with Gasteiger partial charge in [0, 0.05) is 47.9 Å². The first-order valence-electron chi connectivity index (χ1n) is 12.6. The molecule has 2 aromatic carbocycles. The third-order valence-corrected chi connectivity index (χ3v) is 6.97. The molecular formula is C29H26FN7O. The summed E-state index contributed by atoms with van der Waals surface area (Å²) < 4.78 is 22.1. The van der Waals surface area contributed by atoms with Crippen LogP contribution in [0.15, 0.2) is 67.1 Å². The average molecular weight is 508 g/mol. The molecule has 6 rings (SSSR count). The van der Waals surface area contributed by atoms with Gasteiger partial charge in [-0.1, -0.05) is 17.2 Å². The van der Waals surface area contributed by atoms with Crippen LogP contribution in [0.3, 0.4) is 0 Å². The van der Waals surface area contributed by atoms with Crippen LogP contribution in [0.25, 0.3) is 27.8 Å². The number of rotatable bonds is 7. The Bertz CT molecular complexity index is 1600. The number of aromatic amines is 1. The molecule has 0 amide bonds. The number of pyridine rings is 1. The molecule has 1 aliphatic rings. The number of likely N-dealkylation sites (tertiary alicyclic amines) is 1. The number of nitrogens with one attached hydrogen (secondary N) is 1. The summed E-state index contributed by atoms with van der Waals surface area (Å²) in [4.78, 5) is 6.34. The summed E-state index contributed by atoms with van der Waals surface area (Å²) in [6, 6.07) is 14.8. The van der Waals surface area contributed by atoms with Crippen LogP contribution < -0.4 is 4.74 Å². The smallest absolute Gasteiger partial charge is 0.148 e. The van der Waals surface area contributed by atoms with Gasteiger partial charge in [0.05, 0.1) is 23.1 Å². The van der Waals surface area contributed by atoms with Gasteiger partial charge >= 0.3 is 0 Å². The minimum atomic E-state index is -0.284. The molecule has 5 aromatic rings. The predicted molar refractivity (Wildman–Crippen MR) is 142 cm³/mol. The molecule has 0 radical (unpaired) electrons. The molecule has 0 saturated carbocycles. The van der Waals surface area contributed by atoms with Gasteiger partial charge in [0.1, 0.15) is 23.9 Å². The quantitative estimate of drug-likeness (QED) is 0.321. The van der Waals surface area contributed by atoms with Gasteiger partial charge in [-0.2, -0.15) is 5.10 Å². The molecule has 3 aromatic heterocycles. The molecule has 1 saturated heterocycles. The van der Waals surface area contributed by atoms with Gasteiger partial charge in [0.15, 0.2) is 0 Å². The zero-order valence-corrected chi connectivity index (χ0v) is 20.7. The Balaban J connectivity index is 1.21. The van der Waals surface area contributed by atoms with Gasteiger partial charge in [-0.3, -0.25) is 15.0 Å². The van der Waals surface area contributed by atoms with Crippen molar-refractivity contribution in [1.82, 2.24) is 35.1 Å². The largest absolute Gasteiger partial charge is 0.481 e. The maximum atomic E-state index is 14.7. The van der Waals surface area contributed by atoms with Crippen molar-refractivity contribution in [2.45, 2.75) is 25.3 Å². The van der Waals surface area contributed by atoms with Crippen molar-refractivity contribution in [2.75, 3.05) is 19.7 Å². The molecule has 38 heavy (non-hydrogen) atoms. The Morgan fingerprint density at radius 3 is 2.92 bits per heavy atom. The highest BCUT2D eigenvalue weighted by Gasteiger charge is 2.25. The third kappa shape index (κ3) is 4.74. The van der Waals surface area contributed by atoms with Crippen LogP contribution in [-0.2, 0) is 6.54 Å². The highest BCUT2D eigenvalue weighted by atomic mass is 19.1. The van der Waals surface area contributed by atoms with E-state index in [0.29, 0.717) is 17.9 Å². The summed E-state index contributed by atoms with van der Waals surface area (Å²) in [6.45, 7) is 2.19. The minimum Gasteiger partial charge on any atom is -0.481 e.